The first-order chi connectivity index (χ1) is 8.10. The van der Waals surface area contributed by atoms with Crippen LogP contribution < -0.4 is 10.6 Å². The summed E-state index contributed by atoms with van der Waals surface area (Å²) in [5.41, 5.74) is 7.82. The number of nitrogens with two attached hydrogens (primary N) is 1. The molecule has 0 amide bonds. The second kappa shape index (κ2) is 6.45. The van der Waals surface area contributed by atoms with Gasteiger partial charge in [-0.25, -0.2) is 4.39 Å². The van der Waals surface area contributed by atoms with Crippen LogP contribution in [-0.4, -0.2) is 26.3 Å². The summed E-state index contributed by atoms with van der Waals surface area (Å²) in [5.74, 6) is -0.257. The molecule has 0 aliphatic carbocycles. The number of nitrogens with zero attached hydrogens (tertiary/aromatic N) is 1. The SMILES string of the molecule is CCOCCN(CC)c1cc(C)c(F)cc1N. The van der Waals surface area contributed by atoms with Crippen molar-refractivity contribution in [1.82, 2.24) is 0 Å². The Kier molecular flexibility index (Phi) is 5.22. The van der Waals surface area contributed by atoms with Crippen LogP contribution in [0.1, 0.15) is 19.4 Å². The van der Waals surface area contributed by atoms with Crippen molar-refractivity contribution in [2.75, 3.05) is 36.9 Å². The van der Waals surface area contributed by atoms with Gasteiger partial charge in [-0.2, -0.15) is 0 Å². The maximum absolute atomic E-state index is 13.3. The highest BCUT2D eigenvalue weighted by molar-refractivity contribution is 5.68. The molecule has 4 heteroatoms. The lowest BCUT2D eigenvalue weighted by Gasteiger charge is -2.25. The molecule has 0 saturated carbocycles. The third kappa shape index (κ3) is 3.60. The Labute approximate surface area is 102 Å². The summed E-state index contributed by atoms with van der Waals surface area (Å²) >= 11 is 0. The molecule has 17 heavy (non-hydrogen) atoms. The third-order valence-corrected chi connectivity index (χ3v) is 2.74. The molecule has 96 valence electrons. The molecule has 2 N–H and O–H groups in total. The van der Waals surface area contributed by atoms with Crippen LogP contribution in [0, 0.1) is 12.7 Å². The largest absolute Gasteiger partial charge is 0.397 e. The second-order valence-corrected chi connectivity index (χ2v) is 3.94. The topological polar surface area (TPSA) is 38.5 Å². The monoisotopic (exact) mass is 240 g/mol. The van der Waals surface area contributed by atoms with Crippen LogP contribution in [-0.2, 0) is 4.74 Å². The van der Waals surface area contributed by atoms with E-state index in [1.807, 2.05) is 13.8 Å². The van der Waals surface area contributed by atoms with Crippen LogP contribution in [0.2, 0.25) is 0 Å². The summed E-state index contributed by atoms with van der Waals surface area (Å²) in [6.07, 6.45) is 0. The summed E-state index contributed by atoms with van der Waals surface area (Å²) in [6, 6.07) is 3.17. The molecule has 0 saturated heterocycles. The molecule has 0 aliphatic heterocycles. The van der Waals surface area contributed by atoms with Crippen LogP contribution in [0.4, 0.5) is 15.8 Å². The van der Waals surface area contributed by atoms with Crippen molar-refractivity contribution in [2.24, 2.45) is 0 Å². The molecule has 0 fully saturated rings. The summed E-state index contributed by atoms with van der Waals surface area (Å²) in [7, 11) is 0. The van der Waals surface area contributed by atoms with Gasteiger partial charge in [-0.15, -0.1) is 0 Å². The molecule has 0 atom stereocenters. The second-order valence-electron chi connectivity index (χ2n) is 3.94. The van der Waals surface area contributed by atoms with E-state index in [0.717, 1.165) is 18.8 Å². The first-order valence-corrected chi connectivity index (χ1v) is 5.98. The molecule has 0 heterocycles. The normalized spacial score (nSPS) is 10.6. The van der Waals surface area contributed by atoms with E-state index in [9.17, 15) is 4.39 Å². The first-order valence-electron chi connectivity index (χ1n) is 5.98. The number of aryl methyl sites for hydroxylation is 1. The van der Waals surface area contributed by atoms with Gasteiger partial charge in [-0.1, -0.05) is 0 Å². The summed E-state index contributed by atoms with van der Waals surface area (Å²) < 4.78 is 18.6. The third-order valence-electron chi connectivity index (χ3n) is 2.74. The smallest absolute Gasteiger partial charge is 0.128 e. The quantitative estimate of drug-likeness (QED) is 0.613. The zero-order chi connectivity index (χ0) is 12.8. The van der Waals surface area contributed by atoms with Gasteiger partial charge >= 0.3 is 0 Å². The molecule has 0 radical (unpaired) electrons. The van der Waals surface area contributed by atoms with Crippen LogP contribution >= 0.6 is 0 Å². The number of nitrogen functional groups attached to an aromatic ring is 1. The van der Waals surface area contributed by atoms with Crippen LogP contribution in [0.3, 0.4) is 0 Å². The average Bonchev–Trinajstić information content (AvgIpc) is 2.30. The molecule has 3 nitrogen and oxygen atoms in total. The number of benzene rings is 1. The molecular formula is C13H21FN2O. The van der Waals surface area contributed by atoms with E-state index in [2.05, 4.69) is 4.90 Å². The van der Waals surface area contributed by atoms with Gasteiger partial charge in [-0.3, -0.25) is 0 Å². The van der Waals surface area contributed by atoms with Gasteiger partial charge < -0.3 is 15.4 Å². The van der Waals surface area contributed by atoms with E-state index in [-0.39, 0.29) is 5.82 Å². The summed E-state index contributed by atoms with van der Waals surface area (Å²) in [4.78, 5) is 2.09. The van der Waals surface area contributed by atoms with Gasteiger partial charge in [0.1, 0.15) is 5.82 Å². The number of likely N-dealkylation sites (N-methyl/N-ethyl adjacent to an activating group) is 1. The highest BCUT2D eigenvalue weighted by Gasteiger charge is 2.10. The zero-order valence-electron chi connectivity index (χ0n) is 10.8. The Bertz CT molecular complexity index is 369. The van der Waals surface area contributed by atoms with Crippen molar-refractivity contribution in [3.05, 3.63) is 23.5 Å². The predicted octanol–water partition coefficient (Wildman–Crippen LogP) is 2.58. The van der Waals surface area contributed by atoms with Gasteiger partial charge in [0.05, 0.1) is 18.0 Å². The van der Waals surface area contributed by atoms with Gasteiger partial charge in [-0.05, 0) is 38.5 Å². The van der Waals surface area contributed by atoms with Crippen LogP contribution in [0.15, 0.2) is 12.1 Å². The first kappa shape index (κ1) is 13.8. The number of rotatable bonds is 6. The lowest BCUT2D eigenvalue weighted by molar-refractivity contribution is 0.154. The standard InChI is InChI=1S/C13H21FN2O/c1-4-16(6-7-17-5-2)13-8-10(3)11(14)9-12(13)15/h8-9H,4-7,15H2,1-3H3. The number of anilines is 2. The van der Waals surface area contributed by atoms with Gasteiger partial charge in [0, 0.05) is 19.7 Å². The van der Waals surface area contributed by atoms with Gasteiger partial charge in [0.25, 0.3) is 0 Å². The molecule has 0 spiro atoms. The highest BCUT2D eigenvalue weighted by Crippen LogP contribution is 2.26. The fourth-order valence-corrected chi connectivity index (χ4v) is 1.72. The van der Waals surface area contributed by atoms with Crippen molar-refractivity contribution < 1.29 is 9.13 Å². The molecule has 1 aromatic rings. The Morgan fingerprint density at radius 3 is 2.65 bits per heavy atom. The van der Waals surface area contributed by atoms with Crippen LogP contribution in [0.25, 0.3) is 0 Å². The van der Waals surface area contributed by atoms with Gasteiger partial charge in [0.2, 0.25) is 0 Å². The van der Waals surface area contributed by atoms with Crippen molar-refractivity contribution in [3.8, 4) is 0 Å². The molecule has 0 aliphatic rings. The van der Waals surface area contributed by atoms with Crippen molar-refractivity contribution in [1.29, 1.82) is 0 Å². The number of halogens is 1. The number of ether oxygens (including phenoxy) is 1. The molecule has 1 aromatic carbocycles. The van der Waals surface area contributed by atoms with E-state index in [1.54, 1.807) is 13.0 Å². The van der Waals surface area contributed by atoms with Crippen molar-refractivity contribution in [2.45, 2.75) is 20.8 Å². The Morgan fingerprint density at radius 2 is 2.06 bits per heavy atom. The van der Waals surface area contributed by atoms with Crippen molar-refractivity contribution >= 4 is 11.4 Å². The number of hydrogen-bond acceptors (Lipinski definition) is 3. The molecule has 0 unspecified atom stereocenters. The summed E-state index contributed by atoms with van der Waals surface area (Å²) in [5, 5.41) is 0. The van der Waals surface area contributed by atoms with Crippen LogP contribution in [0.5, 0.6) is 0 Å². The molecule has 0 aromatic heterocycles. The Balaban J connectivity index is 2.84. The van der Waals surface area contributed by atoms with E-state index < -0.39 is 0 Å². The fraction of sp³-hybridized carbons (Fsp3) is 0.538. The average molecular weight is 240 g/mol. The molecule has 1 rings (SSSR count). The van der Waals surface area contributed by atoms with Crippen molar-refractivity contribution in [3.63, 3.8) is 0 Å². The minimum atomic E-state index is -0.257. The van der Waals surface area contributed by atoms with E-state index in [4.69, 9.17) is 10.5 Å². The Morgan fingerprint density at radius 1 is 1.35 bits per heavy atom. The maximum atomic E-state index is 13.3. The van der Waals surface area contributed by atoms with Gasteiger partial charge in [0.15, 0.2) is 0 Å². The fourth-order valence-electron chi connectivity index (χ4n) is 1.72. The maximum Gasteiger partial charge on any atom is 0.128 e. The Hall–Kier alpha value is -1.29. The molecular weight excluding hydrogens is 219 g/mol. The van der Waals surface area contributed by atoms with E-state index >= 15 is 0 Å². The lowest BCUT2D eigenvalue weighted by Crippen LogP contribution is -2.28. The zero-order valence-corrected chi connectivity index (χ0v) is 10.8. The minimum absolute atomic E-state index is 0.257. The predicted molar refractivity (Wildman–Crippen MR) is 69.9 cm³/mol. The minimum Gasteiger partial charge on any atom is -0.397 e. The number of hydrogen-bond donors (Lipinski definition) is 1. The van der Waals surface area contributed by atoms with E-state index in [0.29, 0.717) is 24.5 Å². The lowest BCUT2D eigenvalue weighted by atomic mass is 10.1. The molecule has 0 bridgehead atoms. The van der Waals surface area contributed by atoms with E-state index in [1.165, 1.54) is 6.07 Å². The highest BCUT2D eigenvalue weighted by atomic mass is 19.1. The summed E-state index contributed by atoms with van der Waals surface area (Å²) in [6.45, 7) is 8.70.